The minimum atomic E-state index is -4.46. The summed E-state index contributed by atoms with van der Waals surface area (Å²) < 4.78 is 52.1. The molecule has 0 saturated carbocycles. The van der Waals surface area contributed by atoms with Gasteiger partial charge in [0.1, 0.15) is 5.82 Å². The predicted octanol–water partition coefficient (Wildman–Crippen LogP) is 5.02. The summed E-state index contributed by atoms with van der Waals surface area (Å²) in [6, 6.07) is 8.86. The molecule has 0 radical (unpaired) electrons. The summed E-state index contributed by atoms with van der Waals surface area (Å²) in [4.78, 5) is 14.4. The van der Waals surface area contributed by atoms with Gasteiger partial charge in [0, 0.05) is 13.1 Å². The number of halogens is 4. The van der Waals surface area contributed by atoms with Crippen molar-refractivity contribution in [2.75, 3.05) is 23.3 Å². The van der Waals surface area contributed by atoms with Gasteiger partial charge in [-0.15, -0.1) is 0 Å². The Balaban J connectivity index is 1.75. The van der Waals surface area contributed by atoms with E-state index in [1.807, 2.05) is 0 Å². The smallest absolute Gasteiger partial charge is 0.370 e. The van der Waals surface area contributed by atoms with Gasteiger partial charge < -0.3 is 10.2 Å². The Morgan fingerprint density at radius 3 is 2.48 bits per heavy atom. The van der Waals surface area contributed by atoms with Gasteiger partial charge in [0.05, 0.1) is 23.4 Å². The van der Waals surface area contributed by atoms with Gasteiger partial charge in [-0.3, -0.25) is 4.79 Å². The third-order valence-electron chi connectivity index (χ3n) is 4.55. The van der Waals surface area contributed by atoms with Crippen molar-refractivity contribution in [3.63, 3.8) is 0 Å². The first-order valence-electron chi connectivity index (χ1n) is 8.83. The fraction of sp³-hybridized carbons (Fsp3) is 0.350. The molecule has 0 atom stereocenters. The molecule has 1 aliphatic rings. The number of nitrogens with one attached hydrogen (secondary N) is 1. The van der Waals surface area contributed by atoms with Gasteiger partial charge in [-0.25, -0.2) is 4.39 Å². The summed E-state index contributed by atoms with van der Waals surface area (Å²) >= 11 is 0. The first-order valence-corrected chi connectivity index (χ1v) is 8.83. The van der Waals surface area contributed by atoms with Crippen LogP contribution in [-0.2, 0) is 17.4 Å². The Labute approximate surface area is 155 Å². The number of alkyl halides is 3. The highest BCUT2D eigenvalue weighted by atomic mass is 19.4. The van der Waals surface area contributed by atoms with Crippen molar-refractivity contribution in [1.29, 1.82) is 0 Å². The van der Waals surface area contributed by atoms with E-state index in [0.717, 1.165) is 50.2 Å². The van der Waals surface area contributed by atoms with Gasteiger partial charge in [-0.05, 0) is 49.1 Å². The summed E-state index contributed by atoms with van der Waals surface area (Å²) in [7, 11) is 0. The fourth-order valence-corrected chi connectivity index (χ4v) is 3.26. The molecule has 27 heavy (non-hydrogen) atoms. The molecule has 3 rings (SSSR count). The molecule has 1 heterocycles. The minimum Gasteiger partial charge on any atom is -0.370 e. The summed E-state index contributed by atoms with van der Waals surface area (Å²) in [5.74, 6) is -0.969. The SMILES string of the molecule is O=C(Cc1cccc(C(F)(F)F)c1)Nc1cc(F)ccc1N1CCCCC1. The first-order chi connectivity index (χ1) is 12.8. The third-order valence-corrected chi connectivity index (χ3v) is 4.55. The van der Waals surface area contributed by atoms with Crippen LogP contribution in [0, 0.1) is 5.82 Å². The zero-order valence-corrected chi connectivity index (χ0v) is 14.7. The largest absolute Gasteiger partial charge is 0.416 e. The Morgan fingerprint density at radius 1 is 1.04 bits per heavy atom. The lowest BCUT2D eigenvalue weighted by molar-refractivity contribution is -0.137. The highest BCUT2D eigenvalue weighted by Gasteiger charge is 2.30. The molecule has 1 N–H and O–H groups in total. The van der Waals surface area contributed by atoms with E-state index in [-0.39, 0.29) is 12.0 Å². The molecular weight excluding hydrogens is 360 g/mol. The van der Waals surface area contributed by atoms with Gasteiger partial charge in [0.15, 0.2) is 0 Å². The van der Waals surface area contributed by atoms with Crippen LogP contribution < -0.4 is 10.2 Å². The number of rotatable bonds is 4. The van der Waals surface area contributed by atoms with Crippen molar-refractivity contribution in [3.05, 3.63) is 59.4 Å². The van der Waals surface area contributed by atoms with Crippen LogP contribution in [0.2, 0.25) is 0 Å². The molecule has 0 aromatic heterocycles. The minimum absolute atomic E-state index is 0.222. The highest BCUT2D eigenvalue weighted by molar-refractivity contribution is 5.95. The Bertz CT molecular complexity index is 814. The van der Waals surface area contributed by atoms with Crippen LogP contribution in [0.25, 0.3) is 0 Å². The second-order valence-corrected chi connectivity index (χ2v) is 6.63. The van der Waals surface area contributed by atoms with Crippen molar-refractivity contribution in [3.8, 4) is 0 Å². The van der Waals surface area contributed by atoms with Crippen LogP contribution >= 0.6 is 0 Å². The molecule has 0 spiro atoms. The van der Waals surface area contributed by atoms with E-state index >= 15 is 0 Å². The lowest BCUT2D eigenvalue weighted by Gasteiger charge is -2.30. The molecule has 1 aliphatic heterocycles. The number of nitrogens with zero attached hydrogens (tertiary/aromatic N) is 1. The predicted molar refractivity (Wildman–Crippen MR) is 96.2 cm³/mol. The Kier molecular flexibility index (Phi) is 5.68. The number of benzene rings is 2. The maximum Gasteiger partial charge on any atom is 0.416 e. The first kappa shape index (κ1) is 19.2. The summed E-state index contributed by atoms with van der Waals surface area (Å²) in [5, 5.41) is 2.65. The van der Waals surface area contributed by atoms with Gasteiger partial charge in [-0.1, -0.05) is 18.2 Å². The van der Waals surface area contributed by atoms with E-state index in [1.165, 1.54) is 24.3 Å². The quantitative estimate of drug-likeness (QED) is 0.756. The Morgan fingerprint density at radius 2 is 1.78 bits per heavy atom. The van der Waals surface area contributed by atoms with E-state index in [2.05, 4.69) is 10.2 Å². The fourth-order valence-electron chi connectivity index (χ4n) is 3.26. The molecular formula is C20H20F4N2O. The van der Waals surface area contributed by atoms with Gasteiger partial charge in [-0.2, -0.15) is 13.2 Å². The van der Waals surface area contributed by atoms with Crippen LogP contribution in [-0.4, -0.2) is 19.0 Å². The van der Waals surface area contributed by atoms with Crippen LogP contribution in [0.15, 0.2) is 42.5 Å². The van der Waals surface area contributed by atoms with Gasteiger partial charge in [0.25, 0.3) is 0 Å². The van der Waals surface area contributed by atoms with Crippen molar-refractivity contribution in [2.24, 2.45) is 0 Å². The highest BCUT2D eigenvalue weighted by Crippen LogP contribution is 2.31. The lowest BCUT2D eigenvalue weighted by Crippen LogP contribution is -2.30. The molecule has 1 amide bonds. The molecule has 0 unspecified atom stereocenters. The number of anilines is 2. The molecule has 1 fully saturated rings. The molecule has 3 nitrogen and oxygen atoms in total. The maximum absolute atomic E-state index is 13.7. The van der Waals surface area contributed by atoms with Crippen LogP contribution in [0.1, 0.15) is 30.4 Å². The number of carbonyl (C=O) groups is 1. The zero-order valence-electron chi connectivity index (χ0n) is 14.7. The topological polar surface area (TPSA) is 32.3 Å². The van der Waals surface area contributed by atoms with Gasteiger partial charge in [0.2, 0.25) is 5.91 Å². The van der Waals surface area contributed by atoms with E-state index in [4.69, 9.17) is 0 Å². The van der Waals surface area contributed by atoms with E-state index < -0.39 is 23.5 Å². The summed E-state index contributed by atoms with van der Waals surface area (Å²) in [6.07, 6.45) is -1.50. The van der Waals surface area contributed by atoms with Crippen LogP contribution in [0.4, 0.5) is 28.9 Å². The van der Waals surface area contributed by atoms with E-state index in [1.54, 1.807) is 6.07 Å². The van der Waals surface area contributed by atoms with Crippen molar-refractivity contribution >= 4 is 17.3 Å². The molecule has 0 bridgehead atoms. The molecule has 2 aromatic rings. The Hall–Kier alpha value is -2.57. The average Bonchev–Trinajstić information content (AvgIpc) is 2.62. The number of hydrogen-bond acceptors (Lipinski definition) is 2. The third kappa shape index (κ3) is 4.99. The molecule has 144 valence electrons. The standard InChI is InChI=1S/C20H20F4N2O/c21-16-7-8-18(26-9-2-1-3-10-26)17(13-16)25-19(27)12-14-5-4-6-15(11-14)20(22,23)24/h4-8,11,13H,1-3,9-10,12H2,(H,25,27). The summed E-state index contributed by atoms with van der Waals surface area (Å²) in [5.41, 5.74) is 0.521. The van der Waals surface area contributed by atoms with E-state index in [9.17, 15) is 22.4 Å². The van der Waals surface area contributed by atoms with Crippen LogP contribution in [0.5, 0.6) is 0 Å². The maximum atomic E-state index is 13.7. The number of hydrogen-bond donors (Lipinski definition) is 1. The van der Waals surface area contributed by atoms with Crippen LogP contribution in [0.3, 0.4) is 0 Å². The molecule has 1 saturated heterocycles. The van der Waals surface area contributed by atoms with Crippen molar-refractivity contribution < 1.29 is 22.4 Å². The zero-order chi connectivity index (χ0) is 19.4. The molecule has 2 aromatic carbocycles. The molecule has 7 heteroatoms. The monoisotopic (exact) mass is 380 g/mol. The van der Waals surface area contributed by atoms with Crippen molar-refractivity contribution in [1.82, 2.24) is 0 Å². The molecule has 0 aliphatic carbocycles. The van der Waals surface area contributed by atoms with E-state index in [0.29, 0.717) is 5.69 Å². The van der Waals surface area contributed by atoms with Gasteiger partial charge >= 0.3 is 6.18 Å². The van der Waals surface area contributed by atoms with Crippen molar-refractivity contribution in [2.45, 2.75) is 31.9 Å². The second-order valence-electron chi connectivity index (χ2n) is 6.63. The normalized spacial score (nSPS) is 14.9. The second kappa shape index (κ2) is 7.98. The summed E-state index contributed by atoms with van der Waals surface area (Å²) in [6.45, 7) is 1.64. The lowest BCUT2D eigenvalue weighted by atomic mass is 10.1. The average molecular weight is 380 g/mol. The number of carbonyl (C=O) groups excluding carboxylic acids is 1. The number of piperidine rings is 1. The number of amides is 1.